The maximum absolute atomic E-state index is 12.6. The molecule has 0 unspecified atom stereocenters. The molecule has 0 aromatic heterocycles. The van der Waals surface area contributed by atoms with E-state index in [1.165, 1.54) is 0 Å². The second-order valence-corrected chi connectivity index (χ2v) is 7.47. The lowest BCUT2D eigenvalue weighted by Gasteiger charge is -2.19. The second kappa shape index (κ2) is 10.3. The average Bonchev–Trinajstić information content (AvgIpc) is 3.16. The van der Waals surface area contributed by atoms with E-state index in [2.05, 4.69) is 0 Å². The summed E-state index contributed by atoms with van der Waals surface area (Å²) in [4.78, 5) is 12.6. The highest BCUT2D eigenvalue weighted by atomic mass is 16.5. The molecule has 2 aromatic carbocycles. The van der Waals surface area contributed by atoms with Crippen molar-refractivity contribution >= 4 is 5.97 Å². The van der Waals surface area contributed by atoms with Crippen molar-refractivity contribution in [2.24, 2.45) is 11.8 Å². The van der Waals surface area contributed by atoms with E-state index in [0.29, 0.717) is 53.9 Å². The van der Waals surface area contributed by atoms with Gasteiger partial charge in [-0.25, -0.2) is 0 Å². The third-order valence-electron chi connectivity index (χ3n) is 5.71. The first kappa shape index (κ1) is 23.4. The van der Waals surface area contributed by atoms with Crippen LogP contribution >= 0.6 is 0 Å². The first-order chi connectivity index (χ1) is 15.5. The smallest absolute Gasteiger partial charge is 0.309 e. The van der Waals surface area contributed by atoms with Crippen LogP contribution in [0.4, 0.5) is 0 Å². The van der Waals surface area contributed by atoms with Crippen LogP contribution in [0.2, 0.25) is 0 Å². The minimum absolute atomic E-state index is 0.00982. The first-order valence-electron chi connectivity index (χ1n) is 10.2. The zero-order chi connectivity index (χ0) is 23.3. The van der Waals surface area contributed by atoms with Crippen LogP contribution < -0.4 is 28.4 Å². The van der Waals surface area contributed by atoms with Gasteiger partial charge in [0, 0.05) is 5.92 Å². The van der Waals surface area contributed by atoms with Gasteiger partial charge in [0.1, 0.15) is 0 Å². The van der Waals surface area contributed by atoms with Gasteiger partial charge in [-0.15, -0.1) is 0 Å². The van der Waals surface area contributed by atoms with E-state index in [9.17, 15) is 4.79 Å². The zero-order valence-electron chi connectivity index (χ0n) is 19.4. The molecule has 0 saturated carbocycles. The van der Waals surface area contributed by atoms with Gasteiger partial charge < -0.3 is 33.2 Å². The predicted octanol–water partition coefficient (Wildman–Crippen LogP) is 3.31. The van der Waals surface area contributed by atoms with Crippen LogP contribution in [0, 0.1) is 11.8 Å². The van der Waals surface area contributed by atoms with Gasteiger partial charge in [-0.1, -0.05) is 0 Å². The van der Waals surface area contributed by atoms with E-state index in [1.54, 1.807) is 42.7 Å². The Morgan fingerprint density at radius 3 is 1.47 bits per heavy atom. The molecule has 0 aliphatic carbocycles. The van der Waals surface area contributed by atoms with Gasteiger partial charge in [-0.2, -0.15) is 0 Å². The van der Waals surface area contributed by atoms with Gasteiger partial charge in [0.15, 0.2) is 23.0 Å². The fraction of sp³-hybridized carbons (Fsp3) is 0.458. The summed E-state index contributed by atoms with van der Waals surface area (Å²) in [6, 6.07) is 7.54. The Balaban J connectivity index is 1.87. The molecule has 1 aliphatic rings. The Labute approximate surface area is 188 Å². The summed E-state index contributed by atoms with van der Waals surface area (Å²) in [5.41, 5.74) is 1.87. The lowest BCUT2D eigenvalue weighted by Crippen LogP contribution is -2.21. The van der Waals surface area contributed by atoms with E-state index < -0.39 is 0 Å². The SMILES string of the molecule is COc1cc(C[C@@H]2COC(=O)[C@H]2Cc2cc(OC)c(OC)c(OC)c2)cc(OC)c1OC. The van der Waals surface area contributed by atoms with Gasteiger partial charge in [-0.3, -0.25) is 4.79 Å². The molecule has 1 saturated heterocycles. The molecule has 2 atom stereocenters. The number of hydrogen-bond donors (Lipinski definition) is 0. The third-order valence-corrected chi connectivity index (χ3v) is 5.71. The molecule has 3 rings (SSSR count). The highest BCUT2D eigenvalue weighted by Crippen LogP contribution is 2.41. The molecule has 0 radical (unpaired) electrons. The number of carbonyl (C=O) groups is 1. The van der Waals surface area contributed by atoms with E-state index in [4.69, 9.17) is 33.2 Å². The molecule has 1 fully saturated rings. The molecular formula is C24H30O8. The van der Waals surface area contributed by atoms with Crippen molar-refractivity contribution in [2.75, 3.05) is 49.3 Å². The summed E-state index contributed by atoms with van der Waals surface area (Å²) >= 11 is 0. The average molecular weight is 446 g/mol. The van der Waals surface area contributed by atoms with Gasteiger partial charge in [0.25, 0.3) is 0 Å². The van der Waals surface area contributed by atoms with Crippen LogP contribution in [-0.2, 0) is 22.4 Å². The Morgan fingerprint density at radius 1 is 0.688 bits per heavy atom. The topological polar surface area (TPSA) is 81.7 Å². The molecule has 8 nitrogen and oxygen atoms in total. The monoisotopic (exact) mass is 446 g/mol. The van der Waals surface area contributed by atoms with Crippen LogP contribution in [0.15, 0.2) is 24.3 Å². The highest BCUT2D eigenvalue weighted by Gasteiger charge is 2.37. The standard InChI is InChI=1S/C24H30O8/c1-26-18-9-14(10-19(27-2)22(18)30-5)7-16-13-32-24(25)17(16)8-15-11-20(28-3)23(31-6)21(12-15)29-4/h9-12,16-17H,7-8,13H2,1-6H3/t16-,17+/m1/s1. The Bertz CT molecular complexity index is 905. The molecule has 1 aliphatic heterocycles. The predicted molar refractivity (Wildman–Crippen MR) is 118 cm³/mol. The number of benzene rings is 2. The quantitative estimate of drug-likeness (QED) is 0.514. The van der Waals surface area contributed by atoms with Crippen molar-refractivity contribution in [3.63, 3.8) is 0 Å². The van der Waals surface area contributed by atoms with Gasteiger partial charge >= 0.3 is 5.97 Å². The molecule has 8 heteroatoms. The van der Waals surface area contributed by atoms with Crippen molar-refractivity contribution in [2.45, 2.75) is 12.8 Å². The maximum atomic E-state index is 12.6. The molecule has 0 N–H and O–H groups in total. The van der Waals surface area contributed by atoms with Crippen LogP contribution in [0.1, 0.15) is 11.1 Å². The minimum atomic E-state index is -0.308. The largest absolute Gasteiger partial charge is 0.493 e. The molecule has 0 bridgehead atoms. The first-order valence-corrected chi connectivity index (χ1v) is 10.2. The van der Waals surface area contributed by atoms with Crippen LogP contribution in [0.3, 0.4) is 0 Å². The Morgan fingerprint density at radius 2 is 1.09 bits per heavy atom. The lowest BCUT2D eigenvalue weighted by molar-refractivity contribution is -0.141. The summed E-state index contributed by atoms with van der Waals surface area (Å²) < 4.78 is 38.0. The lowest BCUT2D eigenvalue weighted by atomic mass is 9.84. The second-order valence-electron chi connectivity index (χ2n) is 7.47. The van der Waals surface area contributed by atoms with Crippen LogP contribution in [-0.4, -0.2) is 55.2 Å². The number of methoxy groups -OCH3 is 6. The normalized spacial score (nSPS) is 17.5. The molecular weight excluding hydrogens is 416 g/mol. The minimum Gasteiger partial charge on any atom is -0.493 e. The van der Waals surface area contributed by atoms with Crippen molar-refractivity contribution in [1.82, 2.24) is 0 Å². The zero-order valence-corrected chi connectivity index (χ0v) is 19.4. The summed E-state index contributed by atoms with van der Waals surface area (Å²) in [7, 11) is 9.42. The van der Waals surface area contributed by atoms with Crippen molar-refractivity contribution in [3.05, 3.63) is 35.4 Å². The maximum Gasteiger partial charge on any atom is 0.309 e. The number of ether oxygens (including phenoxy) is 7. The molecule has 0 amide bonds. The van der Waals surface area contributed by atoms with Gasteiger partial charge in [-0.05, 0) is 48.2 Å². The Hall–Kier alpha value is -3.29. The number of carbonyl (C=O) groups excluding carboxylic acids is 1. The molecule has 32 heavy (non-hydrogen) atoms. The van der Waals surface area contributed by atoms with E-state index in [1.807, 2.05) is 24.3 Å². The summed E-state index contributed by atoms with van der Waals surface area (Å²) in [6.45, 7) is 0.352. The van der Waals surface area contributed by atoms with Crippen molar-refractivity contribution in [1.29, 1.82) is 0 Å². The fourth-order valence-corrected chi connectivity index (χ4v) is 4.12. The molecule has 1 heterocycles. The molecule has 174 valence electrons. The van der Waals surface area contributed by atoms with Gasteiger partial charge in [0.2, 0.25) is 11.5 Å². The molecule has 2 aromatic rings. The fourth-order valence-electron chi connectivity index (χ4n) is 4.12. The van der Waals surface area contributed by atoms with E-state index >= 15 is 0 Å². The number of hydrogen-bond acceptors (Lipinski definition) is 8. The van der Waals surface area contributed by atoms with Crippen molar-refractivity contribution in [3.8, 4) is 34.5 Å². The summed E-state index contributed by atoms with van der Waals surface area (Å²) in [5.74, 6) is 2.77. The third kappa shape index (κ3) is 4.64. The number of esters is 1. The highest BCUT2D eigenvalue weighted by molar-refractivity contribution is 5.75. The number of cyclic esters (lactones) is 1. The van der Waals surface area contributed by atoms with E-state index in [0.717, 1.165) is 11.1 Å². The van der Waals surface area contributed by atoms with E-state index in [-0.39, 0.29) is 17.8 Å². The number of rotatable bonds is 10. The van der Waals surface area contributed by atoms with Gasteiger partial charge in [0.05, 0.1) is 55.2 Å². The van der Waals surface area contributed by atoms with Crippen molar-refractivity contribution < 1.29 is 38.0 Å². The summed E-state index contributed by atoms with van der Waals surface area (Å²) in [6.07, 6.45) is 1.11. The molecule has 0 spiro atoms. The summed E-state index contributed by atoms with van der Waals surface area (Å²) in [5, 5.41) is 0. The Kier molecular flexibility index (Phi) is 7.56. The van der Waals surface area contributed by atoms with Crippen LogP contribution in [0.25, 0.3) is 0 Å². The van der Waals surface area contributed by atoms with Crippen LogP contribution in [0.5, 0.6) is 34.5 Å².